The summed E-state index contributed by atoms with van der Waals surface area (Å²) >= 11 is 0. The minimum absolute atomic E-state index is 0.145. The quantitative estimate of drug-likeness (QED) is 0.832. The molecule has 26 heavy (non-hydrogen) atoms. The fraction of sp³-hybridized carbons (Fsp3) is 0.529. The van der Waals surface area contributed by atoms with Gasteiger partial charge in [0.25, 0.3) is 5.56 Å². The van der Waals surface area contributed by atoms with Gasteiger partial charge >= 0.3 is 5.69 Å². The molecule has 9 heteroatoms. The summed E-state index contributed by atoms with van der Waals surface area (Å²) < 4.78 is 7.91. The third-order valence-electron chi connectivity index (χ3n) is 4.76. The Bertz CT molecular complexity index is 949. The number of hydrogen-bond donors (Lipinski definition) is 1. The smallest absolute Gasteiger partial charge is 0.332 e. The molecular weight excluding hydrogens is 336 g/mol. The van der Waals surface area contributed by atoms with Crippen LogP contribution in [-0.4, -0.2) is 45.3 Å². The maximum absolute atomic E-state index is 12.1. The molecule has 1 aliphatic rings. The van der Waals surface area contributed by atoms with Gasteiger partial charge in [-0.15, -0.1) is 0 Å². The van der Waals surface area contributed by atoms with Crippen molar-refractivity contribution in [2.45, 2.75) is 26.3 Å². The van der Waals surface area contributed by atoms with E-state index in [1.807, 2.05) is 18.7 Å². The van der Waals surface area contributed by atoms with Crippen molar-refractivity contribution < 1.29 is 4.74 Å². The van der Waals surface area contributed by atoms with E-state index in [1.54, 1.807) is 14.2 Å². The van der Waals surface area contributed by atoms with E-state index in [0.717, 1.165) is 28.9 Å². The van der Waals surface area contributed by atoms with Crippen LogP contribution in [0.1, 0.15) is 17.8 Å². The largest absolute Gasteiger partial charge is 0.481 e. The first-order valence-corrected chi connectivity index (χ1v) is 8.49. The number of rotatable bonds is 4. The topological polar surface area (TPSA) is 94.3 Å². The van der Waals surface area contributed by atoms with Crippen LogP contribution in [0.15, 0.2) is 15.7 Å². The zero-order valence-corrected chi connectivity index (χ0v) is 15.7. The lowest BCUT2D eigenvalue weighted by Gasteiger charge is -2.22. The molecule has 1 fully saturated rings. The van der Waals surface area contributed by atoms with E-state index in [1.165, 1.54) is 17.7 Å². The van der Waals surface area contributed by atoms with E-state index >= 15 is 0 Å². The number of anilines is 2. The lowest BCUT2D eigenvalue weighted by molar-refractivity contribution is 0.392. The first-order chi connectivity index (χ1) is 12.3. The Morgan fingerprint density at radius 3 is 2.62 bits per heavy atom. The molecule has 0 radical (unpaired) electrons. The first kappa shape index (κ1) is 18.0. The van der Waals surface area contributed by atoms with Crippen molar-refractivity contribution in [2.75, 3.05) is 30.4 Å². The van der Waals surface area contributed by atoms with Crippen molar-refractivity contribution in [3.63, 3.8) is 0 Å². The summed E-state index contributed by atoms with van der Waals surface area (Å²) in [6.45, 7) is 5.16. The van der Waals surface area contributed by atoms with E-state index in [-0.39, 0.29) is 17.3 Å². The molecule has 1 atom stereocenters. The van der Waals surface area contributed by atoms with E-state index in [9.17, 15) is 9.59 Å². The molecule has 3 heterocycles. The van der Waals surface area contributed by atoms with E-state index in [0.29, 0.717) is 24.1 Å². The number of nitrogens with one attached hydrogen (secondary N) is 1. The van der Waals surface area contributed by atoms with Crippen molar-refractivity contribution >= 4 is 11.6 Å². The van der Waals surface area contributed by atoms with Gasteiger partial charge in [0, 0.05) is 39.3 Å². The van der Waals surface area contributed by atoms with Gasteiger partial charge in [-0.2, -0.15) is 4.98 Å². The average molecular weight is 360 g/mol. The Balaban J connectivity index is 1.82. The van der Waals surface area contributed by atoms with Gasteiger partial charge in [-0.05, 0) is 20.3 Å². The fourth-order valence-corrected chi connectivity index (χ4v) is 3.25. The molecule has 0 aliphatic carbocycles. The van der Waals surface area contributed by atoms with Gasteiger partial charge in [0.2, 0.25) is 5.88 Å². The van der Waals surface area contributed by atoms with Crippen LogP contribution >= 0.6 is 0 Å². The molecule has 0 bridgehead atoms. The van der Waals surface area contributed by atoms with E-state index < -0.39 is 0 Å². The van der Waals surface area contributed by atoms with Crippen LogP contribution in [0, 0.1) is 13.8 Å². The molecule has 1 saturated heterocycles. The standard InChI is InChI=1S/C17H24N6O3/c1-10-15(18-11(2)19-16(10)26-5)20-12-6-7-23(9-12)13-8-14(24)22(4)17(25)21(13)3/h8,12H,6-7,9H2,1-5H3,(H,18,19,20)/t12-/m1/s1. The van der Waals surface area contributed by atoms with Crippen molar-refractivity contribution in [1.29, 1.82) is 0 Å². The Morgan fingerprint density at radius 2 is 1.92 bits per heavy atom. The lowest BCUT2D eigenvalue weighted by atomic mass is 10.2. The second-order valence-corrected chi connectivity index (χ2v) is 6.57. The molecule has 1 aliphatic heterocycles. The van der Waals surface area contributed by atoms with Crippen LogP contribution in [0.2, 0.25) is 0 Å². The Labute approximate surface area is 151 Å². The van der Waals surface area contributed by atoms with Crippen molar-refractivity contribution in [3.05, 3.63) is 38.3 Å². The Kier molecular flexibility index (Phi) is 4.71. The van der Waals surface area contributed by atoms with Crippen LogP contribution in [0.4, 0.5) is 11.6 Å². The average Bonchev–Trinajstić information content (AvgIpc) is 3.07. The molecule has 0 unspecified atom stereocenters. The number of aromatic nitrogens is 4. The number of nitrogens with zero attached hydrogens (tertiary/aromatic N) is 5. The molecule has 3 rings (SSSR count). The third-order valence-corrected chi connectivity index (χ3v) is 4.76. The van der Waals surface area contributed by atoms with Crippen LogP contribution in [-0.2, 0) is 14.1 Å². The molecule has 0 aromatic carbocycles. The maximum atomic E-state index is 12.1. The van der Waals surface area contributed by atoms with Crippen LogP contribution in [0.5, 0.6) is 5.88 Å². The van der Waals surface area contributed by atoms with Gasteiger partial charge in [0.15, 0.2) is 0 Å². The first-order valence-electron chi connectivity index (χ1n) is 8.49. The molecule has 2 aromatic rings. The van der Waals surface area contributed by atoms with Crippen molar-refractivity contribution in [3.8, 4) is 5.88 Å². The molecule has 0 saturated carbocycles. The van der Waals surface area contributed by atoms with E-state index in [4.69, 9.17) is 4.74 Å². The van der Waals surface area contributed by atoms with E-state index in [2.05, 4.69) is 15.3 Å². The molecule has 140 valence electrons. The zero-order chi connectivity index (χ0) is 19.0. The zero-order valence-electron chi connectivity index (χ0n) is 15.7. The highest BCUT2D eigenvalue weighted by Crippen LogP contribution is 2.25. The highest BCUT2D eigenvalue weighted by Gasteiger charge is 2.26. The summed E-state index contributed by atoms with van der Waals surface area (Å²) in [6.07, 6.45) is 0.869. The second kappa shape index (κ2) is 6.81. The van der Waals surface area contributed by atoms with Crippen molar-refractivity contribution in [1.82, 2.24) is 19.1 Å². The molecular formula is C17H24N6O3. The van der Waals surface area contributed by atoms with Gasteiger partial charge in [-0.25, -0.2) is 9.78 Å². The summed E-state index contributed by atoms with van der Waals surface area (Å²) in [5, 5.41) is 3.44. The van der Waals surface area contributed by atoms with Gasteiger partial charge in [-0.3, -0.25) is 13.9 Å². The molecule has 9 nitrogen and oxygen atoms in total. The minimum atomic E-state index is -0.323. The number of methoxy groups -OCH3 is 1. The SMILES string of the molecule is COc1nc(C)nc(N[C@@H]2CCN(c3cc(=O)n(C)c(=O)n3C)C2)c1C. The summed E-state index contributed by atoms with van der Waals surface area (Å²) in [5.41, 5.74) is 0.236. The monoisotopic (exact) mass is 360 g/mol. The predicted molar refractivity (Wildman–Crippen MR) is 99.2 cm³/mol. The molecule has 0 spiro atoms. The van der Waals surface area contributed by atoms with Crippen molar-refractivity contribution in [2.24, 2.45) is 14.1 Å². The molecule has 2 aromatic heterocycles. The lowest BCUT2D eigenvalue weighted by Crippen LogP contribution is -2.40. The normalized spacial score (nSPS) is 16.8. The predicted octanol–water partition coefficient (Wildman–Crippen LogP) is 0.190. The highest BCUT2D eigenvalue weighted by atomic mass is 16.5. The minimum Gasteiger partial charge on any atom is -0.481 e. The Morgan fingerprint density at radius 1 is 1.19 bits per heavy atom. The Hall–Kier alpha value is -2.84. The summed E-state index contributed by atoms with van der Waals surface area (Å²) in [7, 11) is 4.75. The third kappa shape index (κ3) is 3.16. The maximum Gasteiger partial charge on any atom is 0.332 e. The van der Waals surface area contributed by atoms with Gasteiger partial charge in [0.1, 0.15) is 17.5 Å². The van der Waals surface area contributed by atoms with Gasteiger partial charge < -0.3 is 15.0 Å². The summed E-state index contributed by atoms with van der Waals surface area (Å²) in [6, 6.07) is 1.65. The fourth-order valence-electron chi connectivity index (χ4n) is 3.25. The summed E-state index contributed by atoms with van der Waals surface area (Å²) in [4.78, 5) is 34.9. The number of ether oxygens (including phenoxy) is 1. The molecule has 1 N–H and O–H groups in total. The highest BCUT2D eigenvalue weighted by molar-refractivity contribution is 5.50. The molecule has 0 amide bonds. The summed E-state index contributed by atoms with van der Waals surface area (Å²) in [5.74, 6) is 2.58. The van der Waals surface area contributed by atoms with Crippen LogP contribution < -0.4 is 26.2 Å². The van der Waals surface area contributed by atoms with Gasteiger partial charge in [0.05, 0.1) is 12.7 Å². The van der Waals surface area contributed by atoms with Gasteiger partial charge in [-0.1, -0.05) is 0 Å². The number of aryl methyl sites for hydroxylation is 1. The second-order valence-electron chi connectivity index (χ2n) is 6.57. The van der Waals surface area contributed by atoms with Crippen LogP contribution in [0.3, 0.4) is 0 Å². The number of hydrogen-bond acceptors (Lipinski definition) is 7. The van der Waals surface area contributed by atoms with Crippen LogP contribution in [0.25, 0.3) is 0 Å².